The number of nitrogens with zero attached hydrogens (tertiary/aromatic N) is 1. The lowest BCUT2D eigenvalue weighted by atomic mass is 10.0. The molecule has 3 rings (SSSR count). The molecule has 1 aliphatic heterocycles. The lowest BCUT2D eigenvalue weighted by Gasteiger charge is -2.18. The molecule has 0 saturated carbocycles. The first-order valence-corrected chi connectivity index (χ1v) is 8.46. The summed E-state index contributed by atoms with van der Waals surface area (Å²) in [6.45, 7) is 3.69. The molecule has 1 aliphatic carbocycles. The highest BCUT2D eigenvalue weighted by atomic mass is 19.1. The van der Waals surface area contributed by atoms with Crippen LogP contribution >= 0.6 is 0 Å². The summed E-state index contributed by atoms with van der Waals surface area (Å²) in [6.07, 6.45) is 7.33. The van der Waals surface area contributed by atoms with E-state index >= 15 is 0 Å². The summed E-state index contributed by atoms with van der Waals surface area (Å²) in [5.74, 6) is -1.57. The molecule has 0 bridgehead atoms. The van der Waals surface area contributed by atoms with Crippen molar-refractivity contribution < 1.29 is 18.7 Å². The van der Waals surface area contributed by atoms with E-state index in [2.05, 4.69) is 6.92 Å². The summed E-state index contributed by atoms with van der Waals surface area (Å²) in [6, 6.07) is 6.00. The van der Waals surface area contributed by atoms with Crippen LogP contribution in [0.4, 0.5) is 10.1 Å². The molecular weight excluding hydrogens is 333 g/mol. The normalized spacial score (nSPS) is 18.5. The number of para-hydroxylation sites is 1. The molecule has 0 spiro atoms. The number of hydrogen-bond acceptors (Lipinski definition) is 3. The van der Waals surface area contributed by atoms with Gasteiger partial charge in [-0.2, -0.15) is 0 Å². The highest BCUT2D eigenvalue weighted by Crippen LogP contribution is 2.37. The van der Waals surface area contributed by atoms with Crippen molar-refractivity contribution in [2.24, 2.45) is 0 Å². The van der Waals surface area contributed by atoms with Crippen LogP contribution in [0.15, 0.2) is 70.5 Å². The lowest BCUT2D eigenvalue weighted by molar-refractivity contribution is -0.136. The van der Waals surface area contributed by atoms with E-state index in [1.807, 2.05) is 12.2 Å². The van der Waals surface area contributed by atoms with Gasteiger partial charge < -0.3 is 4.74 Å². The Morgan fingerprint density at radius 2 is 2.04 bits per heavy atom. The molecule has 0 radical (unpaired) electrons. The van der Waals surface area contributed by atoms with E-state index < -0.39 is 17.7 Å². The first-order valence-electron chi connectivity index (χ1n) is 8.46. The molecule has 0 aromatic heterocycles. The fourth-order valence-corrected chi connectivity index (χ4v) is 3.24. The predicted octanol–water partition coefficient (Wildman–Crippen LogP) is 4.21. The van der Waals surface area contributed by atoms with E-state index in [4.69, 9.17) is 4.74 Å². The molecule has 1 amide bonds. The zero-order valence-electron chi connectivity index (χ0n) is 15.0. The topological polar surface area (TPSA) is 46.6 Å². The first kappa shape index (κ1) is 17.9. The fourth-order valence-electron chi connectivity index (χ4n) is 3.24. The second kappa shape index (κ2) is 7.12. The quantitative estimate of drug-likeness (QED) is 0.602. The number of carbonyl (C=O) groups is 2. The molecule has 26 heavy (non-hydrogen) atoms. The van der Waals surface area contributed by atoms with Crippen molar-refractivity contribution in [3.05, 3.63) is 76.3 Å². The minimum absolute atomic E-state index is 0.118. The van der Waals surface area contributed by atoms with Gasteiger partial charge >= 0.3 is 5.97 Å². The molecule has 5 heteroatoms. The molecular formula is C21H20FNO3. The Bertz CT molecular complexity index is 906. The van der Waals surface area contributed by atoms with E-state index in [0.717, 1.165) is 18.4 Å². The Morgan fingerprint density at radius 1 is 1.31 bits per heavy atom. The third-order valence-electron chi connectivity index (χ3n) is 4.63. The van der Waals surface area contributed by atoms with Gasteiger partial charge in [-0.1, -0.05) is 36.8 Å². The van der Waals surface area contributed by atoms with Crippen LogP contribution in [0.5, 0.6) is 0 Å². The van der Waals surface area contributed by atoms with Crippen molar-refractivity contribution in [2.75, 3.05) is 12.0 Å². The monoisotopic (exact) mass is 353 g/mol. The summed E-state index contributed by atoms with van der Waals surface area (Å²) in [5, 5.41) is 0. The van der Waals surface area contributed by atoms with Gasteiger partial charge in [0.2, 0.25) is 0 Å². The third-order valence-corrected chi connectivity index (χ3v) is 4.63. The van der Waals surface area contributed by atoms with Gasteiger partial charge in [0.1, 0.15) is 5.82 Å². The highest BCUT2D eigenvalue weighted by Gasteiger charge is 2.38. The number of methoxy groups -OCH3 is 1. The second-order valence-electron chi connectivity index (χ2n) is 6.20. The van der Waals surface area contributed by atoms with Gasteiger partial charge in [0.25, 0.3) is 5.91 Å². The third kappa shape index (κ3) is 3.01. The van der Waals surface area contributed by atoms with E-state index in [9.17, 15) is 14.0 Å². The van der Waals surface area contributed by atoms with Crippen LogP contribution in [0.2, 0.25) is 0 Å². The maximum atomic E-state index is 14.3. The summed E-state index contributed by atoms with van der Waals surface area (Å²) >= 11 is 0. The van der Waals surface area contributed by atoms with Crippen LogP contribution in [0.1, 0.15) is 26.7 Å². The Labute approximate surface area is 151 Å². The summed E-state index contributed by atoms with van der Waals surface area (Å²) < 4.78 is 19.1. The number of anilines is 1. The molecule has 0 unspecified atom stereocenters. The molecule has 4 nitrogen and oxygen atoms in total. The van der Waals surface area contributed by atoms with Gasteiger partial charge in [-0.3, -0.25) is 9.69 Å². The first-order chi connectivity index (χ1) is 12.5. The Kier molecular flexibility index (Phi) is 4.89. The molecule has 1 heterocycles. The Morgan fingerprint density at radius 3 is 2.65 bits per heavy atom. The zero-order valence-corrected chi connectivity index (χ0v) is 15.0. The van der Waals surface area contributed by atoms with Crippen molar-refractivity contribution in [3.63, 3.8) is 0 Å². The van der Waals surface area contributed by atoms with Crippen LogP contribution < -0.4 is 4.90 Å². The molecule has 0 atom stereocenters. The molecule has 0 N–H and O–H groups in total. The minimum atomic E-state index is -0.608. The van der Waals surface area contributed by atoms with Crippen molar-refractivity contribution in [2.45, 2.75) is 26.7 Å². The number of allylic oxidation sites excluding steroid dienone is 6. The lowest BCUT2D eigenvalue weighted by Crippen LogP contribution is -2.25. The van der Waals surface area contributed by atoms with E-state index in [0.29, 0.717) is 5.70 Å². The van der Waals surface area contributed by atoms with Crippen LogP contribution in [0, 0.1) is 5.82 Å². The van der Waals surface area contributed by atoms with Crippen LogP contribution in [-0.2, 0) is 14.3 Å². The largest absolute Gasteiger partial charge is 0.465 e. The number of ether oxygens (including phenoxy) is 1. The second-order valence-corrected chi connectivity index (χ2v) is 6.20. The highest BCUT2D eigenvalue weighted by molar-refractivity contribution is 6.22. The summed E-state index contributed by atoms with van der Waals surface area (Å²) in [5.41, 5.74) is 3.08. The van der Waals surface area contributed by atoms with Crippen molar-refractivity contribution >= 4 is 17.6 Å². The molecule has 1 aromatic carbocycles. The number of amides is 1. The minimum Gasteiger partial charge on any atom is -0.465 e. The maximum absolute atomic E-state index is 14.3. The van der Waals surface area contributed by atoms with E-state index in [1.54, 1.807) is 25.1 Å². The van der Waals surface area contributed by atoms with E-state index in [1.165, 1.54) is 29.7 Å². The molecule has 2 aliphatic rings. The van der Waals surface area contributed by atoms with Gasteiger partial charge in [-0.05, 0) is 43.5 Å². The molecule has 0 saturated heterocycles. The number of rotatable bonds is 4. The Hall–Kier alpha value is -2.95. The van der Waals surface area contributed by atoms with Crippen molar-refractivity contribution in [3.8, 4) is 0 Å². The molecule has 0 fully saturated rings. The number of halogens is 1. The van der Waals surface area contributed by atoms with Crippen LogP contribution in [-0.4, -0.2) is 19.0 Å². The van der Waals surface area contributed by atoms with Gasteiger partial charge in [-0.15, -0.1) is 0 Å². The fraction of sp³-hybridized carbons (Fsp3) is 0.238. The molecule has 1 aromatic rings. The number of hydrogen-bond donors (Lipinski definition) is 0. The van der Waals surface area contributed by atoms with E-state index in [-0.39, 0.29) is 16.8 Å². The van der Waals surface area contributed by atoms with Gasteiger partial charge in [0.05, 0.1) is 23.9 Å². The average Bonchev–Trinajstić information content (AvgIpc) is 3.18. The number of carbonyl (C=O) groups excluding carboxylic acids is 2. The van der Waals surface area contributed by atoms with Gasteiger partial charge in [0.15, 0.2) is 0 Å². The number of esters is 1. The summed E-state index contributed by atoms with van der Waals surface area (Å²) in [7, 11) is 1.27. The van der Waals surface area contributed by atoms with Crippen LogP contribution in [0.3, 0.4) is 0 Å². The van der Waals surface area contributed by atoms with Gasteiger partial charge in [0, 0.05) is 5.70 Å². The smallest absolute Gasteiger partial charge is 0.340 e. The molecule has 134 valence electrons. The average molecular weight is 353 g/mol. The predicted molar refractivity (Wildman–Crippen MR) is 97.8 cm³/mol. The zero-order chi connectivity index (χ0) is 18.8. The van der Waals surface area contributed by atoms with Crippen molar-refractivity contribution in [1.29, 1.82) is 0 Å². The van der Waals surface area contributed by atoms with Gasteiger partial charge in [-0.25, -0.2) is 9.18 Å². The number of benzene rings is 1. The Balaban J connectivity index is 2.07. The maximum Gasteiger partial charge on any atom is 0.340 e. The summed E-state index contributed by atoms with van der Waals surface area (Å²) in [4.78, 5) is 26.6. The SMILES string of the molecule is CCC1=CC=C(/C=C2/C(=O)N(c3ccccc3F)C(C)=C2C(=O)OC)C1. The van der Waals surface area contributed by atoms with Crippen LogP contribution in [0.25, 0.3) is 0 Å². The standard InChI is InChI=1S/C21H20FNO3/c1-4-14-9-10-15(11-14)12-16-19(21(25)26-3)13(2)23(20(16)24)18-8-6-5-7-17(18)22/h5-10,12H,4,11H2,1-3H3/b16-12+. The van der Waals surface area contributed by atoms with Crippen molar-refractivity contribution in [1.82, 2.24) is 0 Å².